The zero-order valence-corrected chi connectivity index (χ0v) is 20.9. The lowest BCUT2D eigenvalue weighted by Crippen LogP contribution is -2.68. The summed E-state index contributed by atoms with van der Waals surface area (Å²) < 4.78 is 32.5. The first-order chi connectivity index (χ1) is 13.0. The molecule has 2 aliphatic carbocycles. The van der Waals surface area contributed by atoms with E-state index in [9.17, 15) is 8.42 Å². The Hall–Kier alpha value is 0.220. The minimum atomic E-state index is -3.21. The van der Waals surface area contributed by atoms with Gasteiger partial charge in [0.25, 0.3) is 0 Å². The number of nitrogens with one attached hydrogen (secondary N) is 2. The third-order valence-electron chi connectivity index (χ3n) is 6.08. The van der Waals surface area contributed by atoms with Crippen molar-refractivity contribution in [3.63, 3.8) is 0 Å². The molecule has 10 heteroatoms. The van der Waals surface area contributed by atoms with Crippen molar-refractivity contribution in [2.75, 3.05) is 50.0 Å². The molecule has 1 aliphatic heterocycles. The van der Waals surface area contributed by atoms with Gasteiger partial charge in [0.15, 0.2) is 5.96 Å². The Morgan fingerprint density at radius 1 is 1.29 bits per heavy atom. The van der Waals surface area contributed by atoms with Gasteiger partial charge >= 0.3 is 0 Å². The SMILES string of the molecule is CCNC(=NCCS(=O)(=O)N1CCSCC1)NC1CC(OCC)C12CCC2.I. The number of hydrogen-bond acceptors (Lipinski definition) is 5. The molecule has 1 heterocycles. The number of thioether (sulfide) groups is 1. The minimum Gasteiger partial charge on any atom is -0.378 e. The number of guanidine groups is 1. The Kier molecular flexibility index (Phi) is 9.63. The van der Waals surface area contributed by atoms with Gasteiger partial charge in [0, 0.05) is 49.2 Å². The van der Waals surface area contributed by atoms with Gasteiger partial charge in [-0.3, -0.25) is 4.99 Å². The van der Waals surface area contributed by atoms with Crippen LogP contribution in [-0.4, -0.2) is 80.9 Å². The molecule has 1 saturated heterocycles. The van der Waals surface area contributed by atoms with Crippen LogP contribution >= 0.6 is 35.7 Å². The Morgan fingerprint density at radius 2 is 2.00 bits per heavy atom. The van der Waals surface area contributed by atoms with Crippen molar-refractivity contribution in [2.24, 2.45) is 10.4 Å². The van der Waals surface area contributed by atoms with Crippen LogP contribution in [0.5, 0.6) is 0 Å². The molecule has 0 amide bonds. The highest BCUT2D eigenvalue weighted by Crippen LogP contribution is 2.57. The van der Waals surface area contributed by atoms with E-state index >= 15 is 0 Å². The molecule has 28 heavy (non-hydrogen) atoms. The van der Waals surface area contributed by atoms with E-state index in [1.807, 2.05) is 18.7 Å². The Morgan fingerprint density at radius 3 is 2.57 bits per heavy atom. The van der Waals surface area contributed by atoms with E-state index in [-0.39, 0.29) is 41.7 Å². The number of aliphatic imine (C=N–C) groups is 1. The number of ether oxygens (including phenoxy) is 1. The van der Waals surface area contributed by atoms with Gasteiger partial charge in [-0.2, -0.15) is 11.8 Å². The zero-order chi connectivity index (χ0) is 19.3. The molecule has 7 nitrogen and oxygen atoms in total. The van der Waals surface area contributed by atoms with Gasteiger partial charge in [-0.1, -0.05) is 6.42 Å². The second-order valence-electron chi connectivity index (χ2n) is 7.55. The molecule has 3 rings (SSSR count). The fourth-order valence-electron chi connectivity index (χ4n) is 4.35. The van der Waals surface area contributed by atoms with Gasteiger partial charge in [-0.25, -0.2) is 12.7 Å². The summed E-state index contributed by atoms with van der Waals surface area (Å²) in [6, 6.07) is 0.372. The van der Waals surface area contributed by atoms with Crippen LogP contribution in [0.4, 0.5) is 0 Å². The summed E-state index contributed by atoms with van der Waals surface area (Å²) in [5.74, 6) is 2.58. The van der Waals surface area contributed by atoms with Crippen molar-refractivity contribution in [3.8, 4) is 0 Å². The summed E-state index contributed by atoms with van der Waals surface area (Å²) in [7, 11) is -3.21. The van der Waals surface area contributed by atoms with Crippen LogP contribution in [0.15, 0.2) is 4.99 Å². The maximum absolute atomic E-state index is 12.5. The first-order valence-corrected chi connectivity index (χ1v) is 13.0. The molecule has 2 atom stereocenters. The van der Waals surface area contributed by atoms with Gasteiger partial charge in [-0.15, -0.1) is 24.0 Å². The molecule has 2 N–H and O–H groups in total. The summed E-state index contributed by atoms with van der Waals surface area (Å²) in [5.41, 5.74) is 0.254. The Labute approximate surface area is 191 Å². The average molecular weight is 547 g/mol. The standard InChI is InChI=1S/C18H34N4O3S2.HI/c1-3-19-17(20-8-13-27(23,24)22-9-11-26-12-10-22)21-15-14-16(25-4-2)18(15)6-5-7-18;/h15-16H,3-14H2,1-2H3,(H2,19,20,21);1H. The molecule has 2 saturated carbocycles. The lowest BCUT2D eigenvalue weighted by Gasteiger charge is -2.61. The molecule has 0 aromatic rings. The molecule has 0 radical (unpaired) electrons. The number of sulfonamides is 1. The summed E-state index contributed by atoms with van der Waals surface area (Å²) in [5, 5.41) is 6.82. The molecule has 0 aromatic heterocycles. The van der Waals surface area contributed by atoms with Crippen LogP contribution in [0.1, 0.15) is 39.5 Å². The smallest absolute Gasteiger partial charge is 0.215 e. The van der Waals surface area contributed by atoms with E-state index in [0.717, 1.165) is 37.0 Å². The van der Waals surface area contributed by atoms with Gasteiger partial charge in [0.1, 0.15) is 0 Å². The van der Waals surface area contributed by atoms with E-state index < -0.39 is 10.0 Å². The molecule has 0 aromatic carbocycles. The highest BCUT2D eigenvalue weighted by atomic mass is 127. The van der Waals surface area contributed by atoms with Crippen molar-refractivity contribution in [3.05, 3.63) is 0 Å². The largest absolute Gasteiger partial charge is 0.378 e. The Bertz CT molecular complexity index is 622. The molecule has 3 fully saturated rings. The predicted molar refractivity (Wildman–Crippen MR) is 127 cm³/mol. The quantitative estimate of drug-likeness (QED) is 0.275. The molecule has 1 spiro atoms. The van der Waals surface area contributed by atoms with E-state index in [1.54, 1.807) is 4.31 Å². The Balaban J connectivity index is 0.00000280. The maximum atomic E-state index is 12.5. The second-order valence-corrected chi connectivity index (χ2v) is 10.9. The summed E-state index contributed by atoms with van der Waals surface area (Å²) in [6.45, 7) is 7.14. The molecule has 164 valence electrons. The molecule has 0 bridgehead atoms. The van der Waals surface area contributed by atoms with Crippen molar-refractivity contribution in [1.82, 2.24) is 14.9 Å². The van der Waals surface area contributed by atoms with Crippen molar-refractivity contribution >= 4 is 51.7 Å². The average Bonchev–Trinajstić information content (AvgIpc) is 2.60. The number of halogens is 1. The van der Waals surface area contributed by atoms with E-state index in [1.165, 1.54) is 19.3 Å². The predicted octanol–water partition coefficient (Wildman–Crippen LogP) is 1.89. The minimum absolute atomic E-state index is 0. The van der Waals surface area contributed by atoms with Crippen molar-refractivity contribution in [2.45, 2.75) is 51.7 Å². The first-order valence-electron chi connectivity index (χ1n) is 10.2. The lowest BCUT2D eigenvalue weighted by atomic mass is 9.51. The van der Waals surface area contributed by atoms with Crippen LogP contribution in [0.2, 0.25) is 0 Å². The lowest BCUT2D eigenvalue weighted by molar-refractivity contribution is -0.168. The van der Waals surface area contributed by atoms with Crippen LogP contribution in [0.3, 0.4) is 0 Å². The summed E-state index contributed by atoms with van der Waals surface area (Å²) in [6.07, 6.45) is 5.03. The fraction of sp³-hybridized carbons (Fsp3) is 0.944. The number of nitrogens with zero attached hydrogens (tertiary/aromatic N) is 2. The van der Waals surface area contributed by atoms with Gasteiger partial charge in [0.2, 0.25) is 10.0 Å². The second kappa shape index (κ2) is 11.0. The van der Waals surface area contributed by atoms with Crippen molar-refractivity contribution in [1.29, 1.82) is 0 Å². The molecule has 3 aliphatic rings. The van der Waals surface area contributed by atoms with Crippen molar-refractivity contribution < 1.29 is 13.2 Å². The topological polar surface area (TPSA) is 83.0 Å². The molecule has 2 unspecified atom stereocenters. The molecular weight excluding hydrogens is 511 g/mol. The summed E-state index contributed by atoms with van der Waals surface area (Å²) in [4.78, 5) is 4.55. The zero-order valence-electron chi connectivity index (χ0n) is 17.0. The van der Waals surface area contributed by atoms with Gasteiger partial charge < -0.3 is 15.4 Å². The first kappa shape index (κ1) is 24.5. The highest BCUT2D eigenvalue weighted by Gasteiger charge is 2.59. The van der Waals surface area contributed by atoms with Gasteiger partial charge in [-0.05, 0) is 33.1 Å². The van der Waals surface area contributed by atoms with Crippen LogP contribution in [-0.2, 0) is 14.8 Å². The van der Waals surface area contributed by atoms with Crippen LogP contribution in [0, 0.1) is 5.41 Å². The van der Waals surface area contributed by atoms with Crippen LogP contribution < -0.4 is 10.6 Å². The number of rotatable bonds is 8. The third kappa shape index (κ3) is 5.47. The third-order valence-corrected chi connectivity index (χ3v) is 8.87. The number of hydrogen-bond donors (Lipinski definition) is 2. The normalized spacial score (nSPS) is 27.4. The fourth-order valence-corrected chi connectivity index (χ4v) is 6.81. The van der Waals surface area contributed by atoms with Gasteiger partial charge in [0.05, 0.1) is 18.4 Å². The van der Waals surface area contributed by atoms with Crippen LogP contribution in [0.25, 0.3) is 0 Å². The van der Waals surface area contributed by atoms with E-state index in [2.05, 4.69) is 22.5 Å². The highest BCUT2D eigenvalue weighted by molar-refractivity contribution is 14.0. The maximum Gasteiger partial charge on any atom is 0.215 e. The summed E-state index contributed by atoms with van der Waals surface area (Å²) >= 11 is 1.81. The van der Waals surface area contributed by atoms with E-state index in [4.69, 9.17) is 4.74 Å². The monoisotopic (exact) mass is 546 g/mol. The molecular formula is C18H35IN4O3S2. The van der Waals surface area contributed by atoms with E-state index in [0.29, 0.717) is 25.2 Å².